The molecule has 4 nitrogen and oxygen atoms in total. The smallest absolute Gasteiger partial charge is 0.290 e. The molecular weight excluding hydrogens is 216 g/mol. The number of nitrogens with zero attached hydrogens (tertiary/aromatic N) is 1. The fraction of sp³-hybridized carbons (Fsp3) is 0.615. The second-order valence-corrected chi connectivity index (χ2v) is 5.24. The molecule has 1 aromatic rings. The number of carbonyl (C=O) groups is 1. The standard InChI is InChI=1S/C13H18N2O2/c1-8-2-5-12(17-8)13(16)15-10-3-4-11(15)7-9(14)6-10/h2,5,9-11H,3-4,6-7,14H2,1H3. The van der Waals surface area contributed by atoms with Crippen LogP contribution in [0.1, 0.15) is 42.0 Å². The van der Waals surface area contributed by atoms with Gasteiger partial charge in [0.1, 0.15) is 5.76 Å². The lowest BCUT2D eigenvalue weighted by atomic mass is 9.98. The van der Waals surface area contributed by atoms with Crippen molar-refractivity contribution in [3.05, 3.63) is 23.7 Å². The van der Waals surface area contributed by atoms with Crippen LogP contribution in [0.2, 0.25) is 0 Å². The minimum atomic E-state index is 0.0394. The Labute approximate surface area is 101 Å². The van der Waals surface area contributed by atoms with Crippen LogP contribution in [0, 0.1) is 6.92 Å². The Bertz CT molecular complexity index is 426. The van der Waals surface area contributed by atoms with Gasteiger partial charge in [0, 0.05) is 18.1 Å². The second kappa shape index (κ2) is 3.88. The Morgan fingerprint density at radius 3 is 2.53 bits per heavy atom. The molecule has 2 N–H and O–H groups in total. The van der Waals surface area contributed by atoms with Crippen molar-refractivity contribution >= 4 is 5.91 Å². The Hall–Kier alpha value is -1.29. The van der Waals surface area contributed by atoms with E-state index < -0.39 is 0 Å². The van der Waals surface area contributed by atoms with Crippen molar-refractivity contribution in [1.82, 2.24) is 4.90 Å². The summed E-state index contributed by atoms with van der Waals surface area (Å²) in [6.07, 6.45) is 4.04. The van der Waals surface area contributed by atoms with Crippen molar-refractivity contribution in [1.29, 1.82) is 0 Å². The third kappa shape index (κ3) is 1.76. The van der Waals surface area contributed by atoms with Gasteiger partial charge in [-0.15, -0.1) is 0 Å². The highest BCUT2D eigenvalue weighted by atomic mass is 16.3. The molecule has 3 heterocycles. The SMILES string of the molecule is Cc1ccc(C(=O)N2C3CCC2CC(N)C3)o1. The van der Waals surface area contributed by atoms with Gasteiger partial charge in [-0.1, -0.05) is 0 Å². The number of hydrogen-bond acceptors (Lipinski definition) is 3. The Morgan fingerprint density at radius 2 is 2.00 bits per heavy atom. The molecule has 0 aliphatic carbocycles. The van der Waals surface area contributed by atoms with Crippen molar-refractivity contribution in [2.75, 3.05) is 0 Å². The van der Waals surface area contributed by atoms with Crippen molar-refractivity contribution < 1.29 is 9.21 Å². The molecule has 2 bridgehead atoms. The molecule has 2 saturated heterocycles. The highest BCUT2D eigenvalue weighted by Gasteiger charge is 2.43. The number of aryl methyl sites for hydroxylation is 1. The van der Waals surface area contributed by atoms with E-state index in [9.17, 15) is 4.79 Å². The zero-order chi connectivity index (χ0) is 12.0. The normalized spacial score (nSPS) is 31.9. The summed E-state index contributed by atoms with van der Waals surface area (Å²) in [4.78, 5) is 14.4. The number of nitrogens with two attached hydrogens (primary N) is 1. The number of piperidine rings is 1. The number of carbonyl (C=O) groups excluding carboxylic acids is 1. The Kier molecular flexibility index (Phi) is 2.47. The van der Waals surface area contributed by atoms with Gasteiger partial charge in [-0.25, -0.2) is 0 Å². The summed E-state index contributed by atoms with van der Waals surface area (Å²) >= 11 is 0. The predicted molar refractivity (Wildman–Crippen MR) is 63.6 cm³/mol. The maximum Gasteiger partial charge on any atom is 0.290 e. The van der Waals surface area contributed by atoms with Crippen LogP contribution in [0.5, 0.6) is 0 Å². The van der Waals surface area contributed by atoms with Gasteiger partial charge in [0.05, 0.1) is 0 Å². The number of fused-ring (bicyclic) bond motifs is 2. The van der Waals surface area contributed by atoms with Gasteiger partial charge in [-0.3, -0.25) is 4.79 Å². The molecule has 92 valence electrons. The van der Waals surface area contributed by atoms with Crippen molar-refractivity contribution in [2.45, 2.75) is 50.7 Å². The summed E-state index contributed by atoms with van der Waals surface area (Å²) < 4.78 is 5.43. The lowest BCUT2D eigenvalue weighted by Gasteiger charge is -2.37. The lowest BCUT2D eigenvalue weighted by Crippen LogP contribution is -2.50. The Morgan fingerprint density at radius 1 is 1.35 bits per heavy atom. The van der Waals surface area contributed by atoms with Gasteiger partial charge < -0.3 is 15.1 Å². The topological polar surface area (TPSA) is 59.5 Å². The maximum absolute atomic E-state index is 12.4. The first-order valence-corrected chi connectivity index (χ1v) is 6.30. The largest absolute Gasteiger partial charge is 0.456 e. The summed E-state index contributed by atoms with van der Waals surface area (Å²) in [5.74, 6) is 1.29. The Balaban J connectivity index is 1.83. The summed E-state index contributed by atoms with van der Waals surface area (Å²) in [5, 5.41) is 0. The van der Waals surface area contributed by atoms with E-state index >= 15 is 0 Å². The third-order valence-electron chi connectivity index (χ3n) is 3.96. The molecule has 4 heteroatoms. The number of furan rings is 1. The van der Waals surface area contributed by atoms with Crippen LogP contribution < -0.4 is 5.73 Å². The molecular formula is C13H18N2O2. The molecule has 0 aromatic carbocycles. The fourth-order valence-corrected chi connectivity index (χ4v) is 3.23. The van der Waals surface area contributed by atoms with E-state index in [4.69, 9.17) is 10.2 Å². The van der Waals surface area contributed by atoms with Gasteiger partial charge in [-0.2, -0.15) is 0 Å². The molecule has 2 aliphatic rings. The zero-order valence-electron chi connectivity index (χ0n) is 10.1. The van der Waals surface area contributed by atoms with Crippen LogP contribution in [0.3, 0.4) is 0 Å². The second-order valence-electron chi connectivity index (χ2n) is 5.24. The average molecular weight is 234 g/mol. The minimum absolute atomic E-state index is 0.0394. The molecule has 17 heavy (non-hydrogen) atoms. The molecule has 0 saturated carbocycles. The van der Waals surface area contributed by atoms with Gasteiger partial charge >= 0.3 is 0 Å². The lowest BCUT2D eigenvalue weighted by molar-refractivity contribution is 0.0541. The maximum atomic E-state index is 12.4. The fourth-order valence-electron chi connectivity index (χ4n) is 3.23. The van der Waals surface area contributed by atoms with Crippen LogP contribution in [0.25, 0.3) is 0 Å². The highest BCUT2D eigenvalue weighted by molar-refractivity contribution is 5.92. The van der Waals surface area contributed by atoms with E-state index in [0.717, 1.165) is 31.4 Å². The van der Waals surface area contributed by atoms with Gasteiger partial charge in [0.25, 0.3) is 5.91 Å². The molecule has 2 aliphatic heterocycles. The van der Waals surface area contributed by atoms with Crippen LogP contribution in [0.4, 0.5) is 0 Å². The van der Waals surface area contributed by atoms with E-state index in [1.54, 1.807) is 6.07 Å². The van der Waals surface area contributed by atoms with Gasteiger partial charge in [-0.05, 0) is 44.7 Å². The van der Waals surface area contributed by atoms with Crippen LogP contribution in [0.15, 0.2) is 16.5 Å². The van der Waals surface area contributed by atoms with E-state index in [2.05, 4.69) is 0 Å². The molecule has 0 radical (unpaired) electrons. The highest BCUT2D eigenvalue weighted by Crippen LogP contribution is 2.36. The van der Waals surface area contributed by atoms with E-state index in [1.807, 2.05) is 17.9 Å². The number of hydrogen-bond donors (Lipinski definition) is 1. The monoisotopic (exact) mass is 234 g/mol. The first kappa shape index (κ1) is 10.8. The molecule has 0 spiro atoms. The van der Waals surface area contributed by atoms with Crippen LogP contribution in [-0.2, 0) is 0 Å². The number of rotatable bonds is 1. The summed E-state index contributed by atoms with van der Waals surface area (Å²) in [6, 6.07) is 4.51. The first-order chi connectivity index (χ1) is 8.15. The predicted octanol–water partition coefficient (Wildman–Crippen LogP) is 1.68. The molecule has 3 rings (SSSR count). The van der Waals surface area contributed by atoms with Crippen LogP contribution >= 0.6 is 0 Å². The summed E-state index contributed by atoms with van der Waals surface area (Å²) in [7, 11) is 0. The number of amides is 1. The summed E-state index contributed by atoms with van der Waals surface area (Å²) in [5.41, 5.74) is 6.00. The molecule has 1 aromatic heterocycles. The minimum Gasteiger partial charge on any atom is -0.456 e. The van der Waals surface area contributed by atoms with Crippen LogP contribution in [-0.4, -0.2) is 28.9 Å². The zero-order valence-corrected chi connectivity index (χ0v) is 10.1. The van der Waals surface area contributed by atoms with Gasteiger partial charge in [0.2, 0.25) is 0 Å². The average Bonchev–Trinajstić information content (AvgIpc) is 2.81. The third-order valence-corrected chi connectivity index (χ3v) is 3.96. The van der Waals surface area contributed by atoms with Crippen molar-refractivity contribution in [3.63, 3.8) is 0 Å². The van der Waals surface area contributed by atoms with E-state index in [1.165, 1.54) is 0 Å². The molecule has 1 amide bonds. The molecule has 2 fully saturated rings. The van der Waals surface area contributed by atoms with Crippen molar-refractivity contribution in [2.24, 2.45) is 5.73 Å². The molecule has 2 unspecified atom stereocenters. The summed E-state index contributed by atoms with van der Waals surface area (Å²) in [6.45, 7) is 1.86. The van der Waals surface area contributed by atoms with Crippen molar-refractivity contribution in [3.8, 4) is 0 Å². The molecule has 2 atom stereocenters. The van der Waals surface area contributed by atoms with E-state index in [-0.39, 0.29) is 11.9 Å². The van der Waals surface area contributed by atoms with E-state index in [0.29, 0.717) is 17.8 Å². The van der Waals surface area contributed by atoms with Gasteiger partial charge in [0.15, 0.2) is 5.76 Å². The first-order valence-electron chi connectivity index (χ1n) is 6.30. The quantitative estimate of drug-likeness (QED) is 0.804.